The van der Waals surface area contributed by atoms with Crippen LogP contribution < -0.4 is 15.1 Å². The van der Waals surface area contributed by atoms with Gasteiger partial charge in [-0.1, -0.05) is 12.1 Å². The van der Waals surface area contributed by atoms with E-state index >= 15 is 0 Å². The highest BCUT2D eigenvalue weighted by molar-refractivity contribution is 5.99. The van der Waals surface area contributed by atoms with Gasteiger partial charge in [-0.25, -0.2) is 4.98 Å². The van der Waals surface area contributed by atoms with Crippen LogP contribution in [0.1, 0.15) is 39.9 Å². The van der Waals surface area contributed by atoms with Gasteiger partial charge in [-0.2, -0.15) is 5.10 Å². The highest BCUT2D eigenvalue weighted by Gasteiger charge is 2.32. The molecule has 200 valence electrons. The monoisotopic (exact) mass is 515 g/mol. The van der Waals surface area contributed by atoms with Crippen LogP contribution in [-0.4, -0.2) is 82.5 Å². The molecule has 3 aromatic rings. The SMILES string of the molecule is Cc1cc(C)c(C(=O)N2CCN(c3cccnn3)[C@H](CO)C2)c(C)c1NC1CCN(c2ccccn2)CC1. The molecule has 4 heterocycles. The second-order valence-electron chi connectivity index (χ2n) is 10.3. The lowest BCUT2D eigenvalue weighted by molar-refractivity contribution is 0.0697. The van der Waals surface area contributed by atoms with Crippen molar-refractivity contribution >= 4 is 23.2 Å². The van der Waals surface area contributed by atoms with Crippen molar-refractivity contribution in [2.75, 3.05) is 54.4 Å². The molecule has 9 nitrogen and oxygen atoms in total. The molecule has 2 aliphatic heterocycles. The first kappa shape index (κ1) is 25.9. The number of aliphatic hydroxyl groups excluding tert-OH is 1. The smallest absolute Gasteiger partial charge is 0.254 e. The van der Waals surface area contributed by atoms with Gasteiger partial charge in [0.05, 0.1) is 12.6 Å². The summed E-state index contributed by atoms with van der Waals surface area (Å²) in [6.07, 6.45) is 5.50. The number of hydrogen-bond donors (Lipinski definition) is 2. The van der Waals surface area contributed by atoms with Crippen LogP contribution in [0.15, 0.2) is 48.8 Å². The minimum atomic E-state index is -0.225. The predicted molar refractivity (Wildman–Crippen MR) is 150 cm³/mol. The second-order valence-corrected chi connectivity index (χ2v) is 10.3. The fourth-order valence-corrected chi connectivity index (χ4v) is 5.84. The first-order valence-electron chi connectivity index (χ1n) is 13.4. The molecule has 5 rings (SSSR count). The fraction of sp³-hybridized carbons (Fsp3) is 0.448. The predicted octanol–water partition coefficient (Wildman–Crippen LogP) is 3.20. The molecule has 1 amide bonds. The van der Waals surface area contributed by atoms with Gasteiger partial charge < -0.3 is 25.1 Å². The quantitative estimate of drug-likeness (QED) is 0.517. The summed E-state index contributed by atoms with van der Waals surface area (Å²) in [4.78, 5) is 24.6. The summed E-state index contributed by atoms with van der Waals surface area (Å²) >= 11 is 0. The Kier molecular flexibility index (Phi) is 7.74. The number of hydrogen-bond acceptors (Lipinski definition) is 8. The molecule has 0 bridgehead atoms. The Morgan fingerprint density at radius 1 is 1.00 bits per heavy atom. The third-order valence-electron chi connectivity index (χ3n) is 7.84. The van der Waals surface area contributed by atoms with Gasteiger partial charge in [0.15, 0.2) is 5.82 Å². The summed E-state index contributed by atoms with van der Waals surface area (Å²) in [6, 6.07) is 12.0. The fourth-order valence-electron chi connectivity index (χ4n) is 5.84. The molecule has 1 aromatic carbocycles. The van der Waals surface area contributed by atoms with Gasteiger partial charge in [-0.05, 0) is 74.6 Å². The van der Waals surface area contributed by atoms with Crippen molar-refractivity contribution in [2.45, 2.75) is 45.7 Å². The maximum Gasteiger partial charge on any atom is 0.254 e. The van der Waals surface area contributed by atoms with Crippen molar-refractivity contribution in [3.05, 3.63) is 71.0 Å². The first-order chi connectivity index (χ1) is 18.5. The molecule has 2 aliphatic rings. The number of nitrogens with zero attached hydrogens (tertiary/aromatic N) is 6. The van der Waals surface area contributed by atoms with Gasteiger partial charge in [-0.3, -0.25) is 4.79 Å². The molecule has 2 aromatic heterocycles. The number of aryl methyl sites for hydroxylation is 2. The average molecular weight is 516 g/mol. The number of piperidine rings is 1. The van der Waals surface area contributed by atoms with Crippen LogP contribution in [0.3, 0.4) is 0 Å². The van der Waals surface area contributed by atoms with Crippen molar-refractivity contribution in [1.82, 2.24) is 20.1 Å². The van der Waals surface area contributed by atoms with E-state index in [1.54, 1.807) is 6.20 Å². The number of aliphatic hydroxyl groups is 1. The van der Waals surface area contributed by atoms with E-state index in [0.29, 0.717) is 25.7 Å². The molecule has 0 aliphatic carbocycles. The molecule has 38 heavy (non-hydrogen) atoms. The molecule has 0 spiro atoms. The molecule has 2 saturated heterocycles. The van der Waals surface area contributed by atoms with Crippen LogP contribution in [0.25, 0.3) is 0 Å². The van der Waals surface area contributed by atoms with E-state index in [9.17, 15) is 9.90 Å². The van der Waals surface area contributed by atoms with Crippen molar-refractivity contribution in [1.29, 1.82) is 0 Å². The highest BCUT2D eigenvalue weighted by atomic mass is 16.3. The lowest BCUT2D eigenvalue weighted by Crippen LogP contribution is -2.56. The maximum atomic E-state index is 13.9. The van der Waals surface area contributed by atoms with E-state index in [0.717, 1.165) is 65.5 Å². The summed E-state index contributed by atoms with van der Waals surface area (Å²) in [6.45, 7) is 9.61. The van der Waals surface area contributed by atoms with E-state index in [1.165, 1.54) is 0 Å². The Morgan fingerprint density at radius 2 is 1.79 bits per heavy atom. The lowest BCUT2D eigenvalue weighted by atomic mass is 9.94. The van der Waals surface area contributed by atoms with Gasteiger partial charge in [0.25, 0.3) is 5.91 Å². The normalized spacial score (nSPS) is 18.5. The third kappa shape index (κ3) is 5.29. The van der Waals surface area contributed by atoms with Gasteiger partial charge in [-0.15, -0.1) is 5.10 Å². The number of carbonyl (C=O) groups is 1. The van der Waals surface area contributed by atoms with E-state index in [4.69, 9.17) is 0 Å². The zero-order valence-corrected chi connectivity index (χ0v) is 22.5. The lowest BCUT2D eigenvalue weighted by Gasteiger charge is -2.41. The third-order valence-corrected chi connectivity index (χ3v) is 7.84. The minimum absolute atomic E-state index is 0.0188. The van der Waals surface area contributed by atoms with Gasteiger partial charge >= 0.3 is 0 Å². The number of piperazine rings is 1. The standard InChI is InChI=1S/C29H37N7O2/c1-20-17-21(2)28(32-23-9-13-34(14-10-23)25-7-4-5-11-30-25)22(3)27(20)29(38)35-15-16-36(24(18-35)19-37)26-8-6-12-31-33-26/h4-8,11-12,17,23-24,32,37H,9-10,13-16,18-19H2,1-3H3/t24-/m0/s1. The minimum Gasteiger partial charge on any atom is -0.394 e. The largest absolute Gasteiger partial charge is 0.394 e. The zero-order valence-electron chi connectivity index (χ0n) is 22.5. The van der Waals surface area contributed by atoms with E-state index in [2.05, 4.69) is 51.4 Å². The average Bonchev–Trinajstić information content (AvgIpc) is 2.96. The topological polar surface area (TPSA) is 97.7 Å². The molecular weight excluding hydrogens is 478 g/mol. The Morgan fingerprint density at radius 3 is 2.47 bits per heavy atom. The molecule has 0 unspecified atom stereocenters. The zero-order chi connectivity index (χ0) is 26.6. The summed E-state index contributed by atoms with van der Waals surface area (Å²) in [5.41, 5.74) is 4.96. The molecule has 1 atom stereocenters. The maximum absolute atomic E-state index is 13.9. The number of rotatable bonds is 6. The van der Waals surface area contributed by atoms with Crippen LogP contribution in [0.2, 0.25) is 0 Å². The van der Waals surface area contributed by atoms with Crippen LogP contribution in [0, 0.1) is 20.8 Å². The summed E-state index contributed by atoms with van der Waals surface area (Å²) < 4.78 is 0. The molecule has 0 radical (unpaired) electrons. The summed E-state index contributed by atoms with van der Waals surface area (Å²) in [5, 5.41) is 22.1. The van der Waals surface area contributed by atoms with E-state index < -0.39 is 0 Å². The molecule has 0 saturated carbocycles. The molecule has 2 fully saturated rings. The van der Waals surface area contributed by atoms with Crippen LogP contribution >= 0.6 is 0 Å². The van der Waals surface area contributed by atoms with Crippen molar-refractivity contribution in [3.63, 3.8) is 0 Å². The molecule has 9 heteroatoms. The van der Waals surface area contributed by atoms with Crippen molar-refractivity contribution < 1.29 is 9.90 Å². The number of amides is 1. The number of pyridine rings is 1. The number of carbonyl (C=O) groups excluding carboxylic acids is 1. The molecule has 2 N–H and O–H groups in total. The Hall–Kier alpha value is -3.72. The van der Waals surface area contributed by atoms with Gasteiger partial charge in [0.1, 0.15) is 5.82 Å². The van der Waals surface area contributed by atoms with Crippen LogP contribution in [-0.2, 0) is 0 Å². The number of nitrogens with one attached hydrogen (secondary N) is 1. The van der Waals surface area contributed by atoms with E-state index in [-0.39, 0.29) is 18.6 Å². The summed E-state index contributed by atoms with van der Waals surface area (Å²) in [7, 11) is 0. The number of benzene rings is 1. The van der Waals surface area contributed by atoms with Crippen molar-refractivity contribution in [2.24, 2.45) is 0 Å². The molecular formula is C29H37N7O2. The Bertz CT molecular complexity index is 1250. The Labute approximate surface area is 224 Å². The van der Waals surface area contributed by atoms with E-state index in [1.807, 2.05) is 47.2 Å². The highest BCUT2D eigenvalue weighted by Crippen LogP contribution is 2.31. The van der Waals surface area contributed by atoms with Crippen molar-refractivity contribution in [3.8, 4) is 0 Å². The second kappa shape index (κ2) is 11.3. The van der Waals surface area contributed by atoms with Crippen LogP contribution in [0.4, 0.5) is 17.3 Å². The summed E-state index contributed by atoms with van der Waals surface area (Å²) in [5.74, 6) is 1.77. The van der Waals surface area contributed by atoms with Gasteiger partial charge in [0.2, 0.25) is 0 Å². The van der Waals surface area contributed by atoms with Gasteiger partial charge in [0, 0.05) is 62.4 Å². The first-order valence-corrected chi connectivity index (χ1v) is 13.4. The number of anilines is 3. The number of aromatic nitrogens is 3. The van der Waals surface area contributed by atoms with Crippen LogP contribution in [0.5, 0.6) is 0 Å². The Balaban J connectivity index is 1.30.